The van der Waals surface area contributed by atoms with E-state index in [-0.39, 0.29) is 29.0 Å². The Morgan fingerprint density at radius 3 is 2.58 bits per heavy atom. The van der Waals surface area contributed by atoms with Gasteiger partial charge in [-0.1, -0.05) is 43.2 Å². The van der Waals surface area contributed by atoms with E-state index in [0.29, 0.717) is 0 Å². The zero-order valence-corrected chi connectivity index (χ0v) is 14.2. The summed E-state index contributed by atoms with van der Waals surface area (Å²) in [5.41, 5.74) is 7.63. The van der Waals surface area contributed by atoms with Crippen LogP contribution in [0.5, 0.6) is 0 Å². The van der Waals surface area contributed by atoms with Gasteiger partial charge in [0.1, 0.15) is 12.0 Å². The van der Waals surface area contributed by atoms with Crippen molar-refractivity contribution in [2.75, 3.05) is 0 Å². The van der Waals surface area contributed by atoms with Gasteiger partial charge in [-0.2, -0.15) is 0 Å². The number of hydrogen-bond acceptors (Lipinski definition) is 4. The molecular weight excluding hydrogens is 330 g/mol. The third kappa shape index (κ3) is 2.92. The highest BCUT2D eigenvalue weighted by molar-refractivity contribution is 5.99. The van der Waals surface area contributed by atoms with E-state index in [9.17, 15) is 9.59 Å². The van der Waals surface area contributed by atoms with Crippen LogP contribution < -0.4 is 11.1 Å². The molecule has 1 fully saturated rings. The zero-order chi connectivity index (χ0) is 18.1. The third-order valence-electron chi connectivity index (χ3n) is 4.73. The number of carbonyl (C=O) groups excluding carboxylic acids is 2. The summed E-state index contributed by atoms with van der Waals surface area (Å²) in [5, 5.41) is 3.03. The predicted molar refractivity (Wildman–Crippen MR) is 96.7 cm³/mol. The van der Waals surface area contributed by atoms with E-state index in [1.165, 1.54) is 6.33 Å². The number of primary amides is 1. The maximum Gasteiger partial charge on any atom is 0.271 e. The van der Waals surface area contributed by atoms with Gasteiger partial charge in [-0.15, -0.1) is 0 Å². The fourth-order valence-electron chi connectivity index (χ4n) is 3.42. The van der Waals surface area contributed by atoms with Crippen LogP contribution in [0, 0.1) is 0 Å². The summed E-state index contributed by atoms with van der Waals surface area (Å²) in [5.74, 6) is -0.916. The number of imidazole rings is 1. The topological polar surface area (TPSA) is 102 Å². The molecule has 0 spiro atoms. The predicted octanol–water partition coefficient (Wildman–Crippen LogP) is 2.17. The van der Waals surface area contributed by atoms with Crippen molar-refractivity contribution in [3.63, 3.8) is 0 Å². The fraction of sp³-hybridized carbons (Fsp3) is 0.263. The summed E-state index contributed by atoms with van der Waals surface area (Å²) in [4.78, 5) is 32.9. The van der Waals surface area contributed by atoms with E-state index in [1.807, 2.05) is 30.3 Å². The number of nitrogens with two attached hydrogens (primary N) is 1. The second kappa shape index (κ2) is 6.59. The van der Waals surface area contributed by atoms with Gasteiger partial charge >= 0.3 is 0 Å². The smallest absolute Gasteiger partial charge is 0.271 e. The van der Waals surface area contributed by atoms with Crippen molar-refractivity contribution >= 4 is 17.5 Å². The Bertz CT molecular complexity index is 974. The monoisotopic (exact) mass is 349 g/mol. The molecule has 1 saturated carbocycles. The van der Waals surface area contributed by atoms with E-state index in [1.54, 1.807) is 10.5 Å². The molecule has 2 amide bonds. The molecule has 0 unspecified atom stereocenters. The Hall–Kier alpha value is -3.22. The van der Waals surface area contributed by atoms with Gasteiger partial charge in [0, 0.05) is 6.04 Å². The van der Waals surface area contributed by atoms with E-state index in [4.69, 9.17) is 5.73 Å². The maximum absolute atomic E-state index is 12.7. The molecule has 0 bridgehead atoms. The minimum atomic E-state index is -0.674. The molecule has 3 N–H and O–H groups in total. The van der Waals surface area contributed by atoms with E-state index in [2.05, 4.69) is 15.3 Å². The summed E-state index contributed by atoms with van der Waals surface area (Å²) >= 11 is 0. The van der Waals surface area contributed by atoms with Crippen molar-refractivity contribution in [1.29, 1.82) is 0 Å². The largest absolute Gasteiger partial charge is 0.364 e. The molecule has 7 nitrogen and oxygen atoms in total. The van der Waals surface area contributed by atoms with Crippen LogP contribution in [0.4, 0.5) is 0 Å². The molecule has 2 heterocycles. The Balaban J connectivity index is 1.83. The number of nitrogens with one attached hydrogen (secondary N) is 1. The van der Waals surface area contributed by atoms with Crippen molar-refractivity contribution in [2.24, 2.45) is 5.73 Å². The van der Waals surface area contributed by atoms with Gasteiger partial charge in [0.2, 0.25) is 0 Å². The minimum absolute atomic E-state index is 0.0534. The van der Waals surface area contributed by atoms with Crippen molar-refractivity contribution in [2.45, 2.75) is 31.7 Å². The number of rotatable bonds is 4. The number of benzene rings is 1. The van der Waals surface area contributed by atoms with Crippen molar-refractivity contribution in [1.82, 2.24) is 19.7 Å². The molecule has 1 aliphatic rings. The van der Waals surface area contributed by atoms with Crippen LogP contribution in [0.15, 0.2) is 42.7 Å². The van der Waals surface area contributed by atoms with Crippen LogP contribution in [-0.4, -0.2) is 32.2 Å². The molecule has 1 aromatic carbocycles. The maximum atomic E-state index is 12.7. The Kier molecular flexibility index (Phi) is 4.12. The van der Waals surface area contributed by atoms with Gasteiger partial charge in [-0.25, -0.2) is 9.97 Å². The van der Waals surface area contributed by atoms with E-state index in [0.717, 1.165) is 36.9 Å². The van der Waals surface area contributed by atoms with E-state index < -0.39 is 5.91 Å². The lowest BCUT2D eigenvalue weighted by molar-refractivity contribution is 0.0931. The highest BCUT2D eigenvalue weighted by Gasteiger charge is 2.22. The van der Waals surface area contributed by atoms with Crippen LogP contribution in [0.2, 0.25) is 0 Å². The van der Waals surface area contributed by atoms with Crippen LogP contribution >= 0.6 is 0 Å². The Labute approximate surface area is 150 Å². The summed E-state index contributed by atoms with van der Waals surface area (Å²) in [6.07, 6.45) is 5.73. The third-order valence-corrected chi connectivity index (χ3v) is 4.73. The van der Waals surface area contributed by atoms with Gasteiger partial charge in [-0.05, 0) is 24.5 Å². The van der Waals surface area contributed by atoms with Crippen LogP contribution in [-0.2, 0) is 0 Å². The molecule has 7 heteroatoms. The first kappa shape index (κ1) is 16.3. The second-order valence-electron chi connectivity index (χ2n) is 6.50. The molecule has 132 valence electrons. The van der Waals surface area contributed by atoms with Gasteiger partial charge in [0.25, 0.3) is 11.8 Å². The molecular formula is C19H19N5O2. The second-order valence-corrected chi connectivity index (χ2v) is 6.50. The van der Waals surface area contributed by atoms with Gasteiger partial charge in [0.15, 0.2) is 11.3 Å². The summed E-state index contributed by atoms with van der Waals surface area (Å²) in [6, 6.07) is 11.5. The quantitative estimate of drug-likeness (QED) is 0.753. The number of nitrogens with zero attached hydrogens (tertiary/aromatic N) is 3. The van der Waals surface area contributed by atoms with Gasteiger partial charge in [0.05, 0.1) is 5.69 Å². The number of aromatic nitrogens is 3. The standard InChI is InChI=1S/C19H19N5O2/c20-17(25)16-18-23-14(19(26)22-13-8-4-5-9-13)10-15(24(18)11-21-16)12-6-2-1-3-7-12/h1-3,6-7,10-11,13H,4-5,8-9H2,(H2,20,25)(H,22,26). The molecule has 26 heavy (non-hydrogen) atoms. The molecule has 0 atom stereocenters. The normalized spacial score (nSPS) is 14.6. The Morgan fingerprint density at radius 2 is 1.88 bits per heavy atom. The van der Waals surface area contributed by atoms with Crippen LogP contribution in [0.1, 0.15) is 46.7 Å². The number of hydrogen-bond donors (Lipinski definition) is 2. The lowest BCUT2D eigenvalue weighted by atomic mass is 10.1. The summed E-state index contributed by atoms with van der Waals surface area (Å²) < 4.78 is 1.68. The molecule has 0 saturated heterocycles. The number of carbonyl (C=O) groups is 2. The van der Waals surface area contributed by atoms with Crippen LogP contribution in [0.3, 0.4) is 0 Å². The lowest BCUT2D eigenvalue weighted by Crippen LogP contribution is -2.33. The first-order chi connectivity index (χ1) is 12.6. The van der Waals surface area contributed by atoms with Gasteiger partial charge in [-0.3, -0.25) is 14.0 Å². The Morgan fingerprint density at radius 1 is 1.15 bits per heavy atom. The van der Waals surface area contributed by atoms with E-state index >= 15 is 0 Å². The average Bonchev–Trinajstić information content (AvgIpc) is 3.30. The molecule has 1 aliphatic carbocycles. The first-order valence-corrected chi connectivity index (χ1v) is 8.67. The fourth-order valence-corrected chi connectivity index (χ4v) is 3.42. The molecule has 0 radical (unpaired) electrons. The highest BCUT2D eigenvalue weighted by atomic mass is 16.2. The lowest BCUT2D eigenvalue weighted by Gasteiger charge is -2.13. The molecule has 0 aliphatic heterocycles. The molecule has 4 rings (SSSR count). The summed E-state index contributed by atoms with van der Waals surface area (Å²) in [7, 11) is 0. The van der Waals surface area contributed by atoms with Crippen LogP contribution in [0.25, 0.3) is 16.9 Å². The first-order valence-electron chi connectivity index (χ1n) is 8.67. The highest BCUT2D eigenvalue weighted by Crippen LogP contribution is 2.23. The van der Waals surface area contributed by atoms with Crippen molar-refractivity contribution in [3.8, 4) is 11.3 Å². The van der Waals surface area contributed by atoms with Crippen molar-refractivity contribution in [3.05, 3.63) is 54.1 Å². The van der Waals surface area contributed by atoms with Crippen molar-refractivity contribution < 1.29 is 9.59 Å². The summed E-state index contributed by atoms with van der Waals surface area (Å²) in [6.45, 7) is 0. The molecule has 3 aromatic rings. The molecule has 2 aromatic heterocycles. The van der Waals surface area contributed by atoms with Gasteiger partial charge < -0.3 is 11.1 Å². The number of fused-ring (bicyclic) bond motifs is 1. The SMILES string of the molecule is NC(=O)c1ncn2c(-c3ccccc3)cc(C(=O)NC3CCCC3)nc12. The average molecular weight is 349 g/mol. The minimum Gasteiger partial charge on any atom is -0.364 e. The number of amides is 2. The zero-order valence-electron chi connectivity index (χ0n) is 14.2.